The third kappa shape index (κ3) is 4.31. The van der Waals surface area contributed by atoms with Gasteiger partial charge in [0.25, 0.3) is 0 Å². The highest BCUT2D eigenvalue weighted by molar-refractivity contribution is 5.65. The van der Waals surface area contributed by atoms with Crippen molar-refractivity contribution in [3.8, 4) is 5.75 Å². The lowest BCUT2D eigenvalue weighted by molar-refractivity contribution is 0.117. The van der Waals surface area contributed by atoms with Gasteiger partial charge in [-0.25, -0.2) is 4.79 Å². The SMILES string of the molecule is CC(C)=C(OC(=O)Oc1ccccc1)C(C)C. The molecule has 0 atom stereocenters. The van der Waals surface area contributed by atoms with Crippen molar-refractivity contribution < 1.29 is 14.3 Å². The molecule has 17 heavy (non-hydrogen) atoms. The van der Waals surface area contributed by atoms with Crippen LogP contribution in [-0.4, -0.2) is 6.16 Å². The van der Waals surface area contributed by atoms with Gasteiger partial charge in [-0.2, -0.15) is 0 Å². The van der Waals surface area contributed by atoms with E-state index >= 15 is 0 Å². The molecule has 0 aromatic heterocycles. The van der Waals surface area contributed by atoms with E-state index in [1.54, 1.807) is 24.3 Å². The summed E-state index contributed by atoms with van der Waals surface area (Å²) in [5, 5.41) is 0. The summed E-state index contributed by atoms with van der Waals surface area (Å²) < 4.78 is 10.2. The van der Waals surface area contributed by atoms with Gasteiger partial charge in [0.2, 0.25) is 0 Å². The minimum absolute atomic E-state index is 0.156. The van der Waals surface area contributed by atoms with Crippen LogP contribution in [0.15, 0.2) is 41.7 Å². The second-order valence-corrected chi connectivity index (χ2v) is 4.29. The number of hydrogen-bond acceptors (Lipinski definition) is 3. The molecule has 0 saturated heterocycles. The molecule has 0 spiro atoms. The number of benzene rings is 1. The van der Waals surface area contributed by atoms with Crippen LogP contribution in [0.4, 0.5) is 4.79 Å². The first-order valence-corrected chi connectivity index (χ1v) is 5.62. The Morgan fingerprint density at radius 2 is 1.71 bits per heavy atom. The minimum atomic E-state index is -0.693. The predicted octanol–water partition coefficient (Wildman–Crippen LogP) is 4.15. The highest BCUT2D eigenvalue weighted by Crippen LogP contribution is 2.18. The van der Waals surface area contributed by atoms with Gasteiger partial charge >= 0.3 is 6.16 Å². The van der Waals surface area contributed by atoms with E-state index in [0.717, 1.165) is 5.57 Å². The first-order valence-electron chi connectivity index (χ1n) is 5.62. The van der Waals surface area contributed by atoms with Gasteiger partial charge < -0.3 is 9.47 Å². The van der Waals surface area contributed by atoms with Crippen molar-refractivity contribution in [2.75, 3.05) is 0 Å². The monoisotopic (exact) mass is 234 g/mol. The van der Waals surface area contributed by atoms with Crippen LogP contribution < -0.4 is 4.74 Å². The Balaban J connectivity index is 2.64. The lowest BCUT2D eigenvalue weighted by atomic mass is 10.1. The maximum Gasteiger partial charge on any atom is 0.519 e. The number of ether oxygens (including phenoxy) is 2. The van der Waals surface area contributed by atoms with E-state index in [0.29, 0.717) is 11.5 Å². The molecule has 0 aliphatic carbocycles. The van der Waals surface area contributed by atoms with Crippen molar-refractivity contribution in [2.45, 2.75) is 27.7 Å². The van der Waals surface area contributed by atoms with E-state index < -0.39 is 6.16 Å². The zero-order valence-electron chi connectivity index (χ0n) is 10.7. The van der Waals surface area contributed by atoms with E-state index in [2.05, 4.69) is 0 Å². The third-order valence-corrected chi connectivity index (χ3v) is 2.15. The fourth-order valence-electron chi connectivity index (χ4n) is 1.49. The van der Waals surface area contributed by atoms with Gasteiger partial charge in [0.05, 0.1) is 0 Å². The maximum atomic E-state index is 11.6. The van der Waals surface area contributed by atoms with E-state index in [4.69, 9.17) is 9.47 Å². The molecule has 0 bridgehead atoms. The molecule has 0 aliphatic rings. The van der Waals surface area contributed by atoms with Crippen LogP contribution in [0.1, 0.15) is 27.7 Å². The van der Waals surface area contributed by atoms with Crippen molar-refractivity contribution >= 4 is 6.16 Å². The molecule has 0 aliphatic heterocycles. The van der Waals surface area contributed by atoms with Crippen LogP contribution in [0, 0.1) is 5.92 Å². The van der Waals surface area contributed by atoms with Crippen LogP contribution in [0.2, 0.25) is 0 Å². The van der Waals surface area contributed by atoms with Crippen molar-refractivity contribution in [1.82, 2.24) is 0 Å². The molecule has 0 heterocycles. The average Bonchev–Trinajstić information content (AvgIpc) is 2.26. The predicted molar refractivity (Wildman–Crippen MR) is 66.8 cm³/mol. The maximum absolute atomic E-state index is 11.6. The highest BCUT2D eigenvalue weighted by Gasteiger charge is 2.14. The molecule has 0 saturated carbocycles. The summed E-state index contributed by atoms with van der Waals surface area (Å²) in [6.07, 6.45) is -0.693. The number of rotatable bonds is 3. The summed E-state index contributed by atoms with van der Waals surface area (Å²) in [4.78, 5) is 11.6. The van der Waals surface area contributed by atoms with Gasteiger partial charge in [-0.1, -0.05) is 32.0 Å². The standard InChI is InChI=1S/C14H18O3/c1-10(2)13(11(3)4)17-14(15)16-12-8-6-5-7-9-12/h5-10H,1-4H3. The Labute approximate surface area is 102 Å². The Bertz CT molecular complexity index is 401. The first-order chi connectivity index (χ1) is 8.00. The summed E-state index contributed by atoms with van der Waals surface area (Å²) in [5.41, 5.74) is 0.977. The summed E-state index contributed by atoms with van der Waals surface area (Å²) in [6, 6.07) is 8.87. The van der Waals surface area contributed by atoms with Gasteiger partial charge in [-0.05, 0) is 31.6 Å². The fourth-order valence-corrected chi connectivity index (χ4v) is 1.49. The van der Waals surface area contributed by atoms with Gasteiger partial charge in [0.1, 0.15) is 11.5 Å². The molecule has 0 N–H and O–H groups in total. The van der Waals surface area contributed by atoms with Crippen molar-refractivity contribution in [3.63, 3.8) is 0 Å². The molecular weight excluding hydrogens is 216 g/mol. The number of allylic oxidation sites excluding steroid dienone is 2. The van der Waals surface area contributed by atoms with Crippen LogP contribution in [0.25, 0.3) is 0 Å². The van der Waals surface area contributed by atoms with Crippen LogP contribution in [0.5, 0.6) is 5.75 Å². The summed E-state index contributed by atoms with van der Waals surface area (Å²) in [7, 11) is 0. The van der Waals surface area contributed by atoms with E-state index in [9.17, 15) is 4.79 Å². The summed E-state index contributed by atoms with van der Waals surface area (Å²) in [5.74, 6) is 1.30. The molecule has 92 valence electrons. The van der Waals surface area contributed by atoms with Crippen LogP contribution >= 0.6 is 0 Å². The van der Waals surface area contributed by atoms with Crippen LogP contribution in [0.3, 0.4) is 0 Å². The minimum Gasteiger partial charge on any atom is -0.399 e. The third-order valence-electron chi connectivity index (χ3n) is 2.15. The van der Waals surface area contributed by atoms with E-state index in [1.807, 2.05) is 33.8 Å². The largest absolute Gasteiger partial charge is 0.519 e. The Hall–Kier alpha value is -1.77. The quantitative estimate of drug-likeness (QED) is 0.447. The van der Waals surface area contributed by atoms with Crippen molar-refractivity contribution in [1.29, 1.82) is 0 Å². The van der Waals surface area contributed by atoms with E-state index in [1.165, 1.54) is 0 Å². The molecule has 3 heteroatoms. The Morgan fingerprint density at radius 3 is 2.18 bits per heavy atom. The fraction of sp³-hybridized carbons (Fsp3) is 0.357. The van der Waals surface area contributed by atoms with Gasteiger partial charge in [0, 0.05) is 5.92 Å². The summed E-state index contributed by atoms with van der Waals surface area (Å²) >= 11 is 0. The molecule has 0 unspecified atom stereocenters. The van der Waals surface area contributed by atoms with Gasteiger partial charge in [-0.15, -0.1) is 0 Å². The molecule has 1 aromatic carbocycles. The van der Waals surface area contributed by atoms with E-state index in [-0.39, 0.29) is 5.92 Å². The lowest BCUT2D eigenvalue weighted by Gasteiger charge is -2.13. The second-order valence-electron chi connectivity index (χ2n) is 4.29. The highest BCUT2D eigenvalue weighted by atomic mass is 16.7. The van der Waals surface area contributed by atoms with Gasteiger partial charge in [-0.3, -0.25) is 0 Å². The lowest BCUT2D eigenvalue weighted by Crippen LogP contribution is -2.13. The number of para-hydroxylation sites is 1. The molecular formula is C14H18O3. The molecule has 1 rings (SSSR count). The molecule has 0 amide bonds. The Morgan fingerprint density at radius 1 is 1.12 bits per heavy atom. The molecule has 0 radical (unpaired) electrons. The first kappa shape index (κ1) is 13.3. The molecule has 0 fully saturated rings. The van der Waals surface area contributed by atoms with Gasteiger partial charge in [0.15, 0.2) is 0 Å². The Kier molecular flexibility index (Phi) is 4.76. The molecule has 1 aromatic rings. The van der Waals surface area contributed by atoms with Crippen molar-refractivity contribution in [2.24, 2.45) is 5.92 Å². The zero-order chi connectivity index (χ0) is 12.8. The number of hydrogen-bond donors (Lipinski definition) is 0. The second kappa shape index (κ2) is 6.09. The summed E-state index contributed by atoms with van der Waals surface area (Å²) in [6.45, 7) is 7.76. The molecule has 3 nitrogen and oxygen atoms in total. The zero-order valence-corrected chi connectivity index (χ0v) is 10.7. The smallest absolute Gasteiger partial charge is 0.399 e. The van der Waals surface area contributed by atoms with Crippen LogP contribution in [-0.2, 0) is 4.74 Å². The number of carbonyl (C=O) groups is 1. The number of carbonyl (C=O) groups excluding carboxylic acids is 1. The topological polar surface area (TPSA) is 35.5 Å². The average molecular weight is 234 g/mol. The normalized spacial score (nSPS) is 9.94. The van der Waals surface area contributed by atoms with Crippen molar-refractivity contribution in [3.05, 3.63) is 41.7 Å².